The Morgan fingerprint density at radius 2 is 1.42 bits per heavy atom. The number of halogens is 2. The average molecular weight is 490 g/mol. The number of ether oxygens (including phenoxy) is 2. The molecule has 2 rings (SSSR count). The molecular formula is C16H14Br2N2O6. The number of nitrogens with two attached hydrogens (primary N) is 1. The van der Waals surface area contributed by atoms with Gasteiger partial charge in [-0.3, -0.25) is 10.1 Å². The number of hydrogen-bond acceptors (Lipinski definition) is 7. The van der Waals surface area contributed by atoms with Crippen molar-refractivity contribution in [3.05, 3.63) is 66.6 Å². The van der Waals surface area contributed by atoms with E-state index in [2.05, 4.69) is 41.3 Å². The first-order chi connectivity index (χ1) is 12.2. The van der Waals surface area contributed by atoms with Crippen LogP contribution >= 0.6 is 31.9 Å². The highest BCUT2D eigenvalue weighted by Crippen LogP contribution is 2.24. The van der Waals surface area contributed by atoms with Crippen LogP contribution in [0.2, 0.25) is 0 Å². The molecule has 0 bridgehead atoms. The number of anilines is 1. The zero-order chi connectivity index (χ0) is 19.9. The van der Waals surface area contributed by atoms with Gasteiger partial charge in [-0.2, -0.15) is 0 Å². The molecule has 0 amide bonds. The molecule has 0 radical (unpaired) electrons. The van der Waals surface area contributed by atoms with Gasteiger partial charge in [-0.05, 0) is 30.3 Å². The van der Waals surface area contributed by atoms with Crippen LogP contribution in [-0.4, -0.2) is 31.1 Å². The van der Waals surface area contributed by atoms with Crippen molar-refractivity contribution in [2.45, 2.75) is 0 Å². The summed E-state index contributed by atoms with van der Waals surface area (Å²) in [4.78, 5) is 32.1. The Balaban J connectivity index is 0.000000263. The van der Waals surface area contributed by atoms with Crippen LogP contribution in [0.5, 0.6) is 0 Å². The lowest BCUT2D eigenvalue weighted by atomic mass is 10.2. The molecule has 0 unspecified atom stereocenters. The molecular weight excluding hydrogens is 476 g/mol. The van der Waals surface area contributed by atoms with Crippen molar-refractivity contribution in [2.24, 2.45) is 0 Å². The van der Waals surface area contributed by atoms with Gasteiger partial charge in [0.05, 0.1) is 24.7 Å². The Labute approximate surface area is 165 Å². The Morgan fingerprint density at radius 3 is 1.88 bits per heavy atom. The normalized spacial score (nSPS) is 9.54. The molecule has 0 saturated carbocycles. The molecule has 0 aliphatic carbocycles. The second-order valence-corrected chi connectivity index (χ2v) is 6.46. The topological polar surface area (TPSA) is 122 Å². The monoisotopic (exact) mass is 488 g/mol. The van der Waals surface area contributed by atoms with E-state index in [4.69, 9.17) is 5.73 Å². The summed E-state index contributed by atoms with van der Waals surface area (Å²) in [6.45, 7) is 0. The number of nitrogens with zero attached hydrogens (tertiary/aromatic N) is 1. The molecule has 2 N–H and O–H groups in total. The number of rotatable bonds is 3. The van der Waals surface area contributed by atoms with E-state index in [0.717, 1.165) is 4.47 Å². The first-order valence-electron chi connectivity index (χ1n) is 6.86. The molecule has 2 aromatic rings. The quantitative estimate of drug-likeness (QED) is 0.299. The van der Waals surface area contributed by atoms with E-state index in [1.165, 1.54) is 26.4 Å². The number of carbonyl (C=O) groups excluding carboxylic acids is 2. The maximum Gasteiger partial charge on any atom is 0.344 e. The predicted octanol–water partition coefficient (Wildman–Crippen LogP) is 3.96. The number of benzene rings is 2. The maximum atomic E-state index is 11.1. The van der Waals surface area contributed by atoms with E-state index in [-0.39, 0.29) is 11.3 Å². The summed E-state index contributed by atoms with van der Waals surface area (Å²) < 4.78 is 10.3. The molecule has 0 atom stereocenters. The highest BCUT2D eigenvalue weighted by Gasteiger charge is 2.20. The van der Waals surface area contributed by atoms with Gasteiger partial charge in [0.1, 0.15) is 5.56 Å². The maximum absolute atomic E-state index is 11.1. The highest BCUT2D eigenvalue weighted by molar-refractivity contribution is 9.10. The van der Waals surface area contributed by atoms with Gasteiger partial charge >= 0.3 is 11.9 Å². The number of nitro benzene ring substituents is 1. The fraction of sp³-hybridized carbons (Fsp3) is 0.125. The summed E-state index contributed by atoms with van der Waals surface area (Å²) in [5.74, 6) is -1.13. The number of nitro groups is 1. The van der Waals surface area contributed by atoms with E-state index in [9.17, 15) is 19.7 Å². The Kier molecular flexibility index (Phi) is 8.20. The summed E-state index contributed by atoms with van der Waals surface area (Å²) >= 11 is 6.31. The highest BCUT2D eigenvalue weighted by atomic mass is 79.9. The van der Waals surface area contributed by atoms with E-state index in [0.29, 0.717) is 15.7 Å². The van der Waals surface area contributed by atoms with Gasteiger partial charge in [0, 0.05) is 20.7 Å². The minimum Gasteiger partial charge on any atom is -0.465 e. The summed E-state index contributed by atoms with van der Waals surface area (Å²) in [7, 11) is 2.50. The lowest BCUT2D eigenvalue weighted by molar-refractivity contribution is -0.385. The zero-order valence-corrected chi connectivity index (χ0v) is 16.9. The molecule has 0 saturated heterocycles. The lowest BCUT2D eigenvalue weighted by Crippen LogP contribution is -2.05. The Morgan fingerprint density at radius 1 is 0.962 bits per heavy atom. The van der Waals surface area contributed by atoms with Crippen molar-refractivity contribution in [1.29, 1.82) is 0 Å². The lowest BCUT2D eigenvalue weighted by Gasteiger charge is -2.02. The van der Waals surface area contributed by atoms with Crippen molar-refractivity contribution in [3.8, 4) is 0 Å². The molecule has 0 fully saturated rings. The van der Waals surface area contributed by atoms with Crippen LogP contribution in [0.15, 0.2) is 45.3 Å². The molecule has 2 aromatic carbocycles. The second-order valence-electron chi connectivity index (χ2n) is 4.63. The number of nitrogen functional groups attached to an aromatic ring is 1. The fourth-order valence-electron chi connectivity index (χ4n) is 1.77. The van der Waals surface area contributed by atoms with Crippen molar-refractivity contribution in [2.75, 3.05) is 20.0 Å². The smallest absolute Gasteiger partial charge is 0.344 e. The number of esters is 2. The van der Waals surface area contributed by atoms with E-state index in [1.807, 2.05) is 0 Å². The summed E-state index contributed by atoms with van der Waals surface area (Å²) in [6, 6.07) is 9.15. The van der Waals surface area contributed by atoms with Gasteiger partial charge in [-0.25, -0.2) is 9.59 Å². The summed E-state index contributed by atoms with van der Waals surface area (Å²) in [5.41, 5.74) is 6.04. The number of carbonyl (C=O) groups is 2. The van der Waals surface area contributed by atoms with Gasteiger partial charge in [0.15, 0.2) is 0 Å². The van der Waals surface area contributed by atoms with Gasteiger partial charge < -0.3 is 15.2 Å². The molecule has 0 spiro atoms. The molecule has 0 heterocycles. The van der Waals surface area contributed by atoms with Crippen LogP contribution in [0, 0.1) is 10.1 Å². The zero-order valence-electron chi connectivity index (χ0n) is 13.7. The average Bonchev–Trinajstić information content (AvgIpc) is 2.60. The largest absolute Gasteiger partial charge is 0.465 e. The second kappa shape index (κ2) is 9.88. The van der Waals surface area contributed by atoms with Gasteiger partial charge in [-0.15, -0.1) is 0 Å². The molecule has 0 aliphatic rings. The summed E-state index contributed by atoms with van der Waals surface area (Å²) in [6.07, 6.45) is 0. The van der Waals surface area contributed by atoms with E-state index < -0.39 is 16.9 Å². The van der Waals surface area contributed by atoms with Crippen LogP contribution in [0.1, 0.15) is 20.7 Å². The van der Waals surface area contributed by atoms with Crippen LogP contribution < -0.4 is 5.73 Å². The van der Waals surface area contributed by atoms with Gasteiger partial charge in [-0.1, -0.05) is 31.9 Å². The fourth-order valence-corrected chi connectivity index (χ4v) is 2.50. The minimum atomic E-state index is -0.718. The molecule has 26 heavy (non-hydrogen) atoms. The van der Waals surface area contributed by atoms with Crippen LogP contribution in [-0.2, 0) is 9.47 Å². The molecule has 10 heteroatoms. The van der Waals surface area contributed by atoms with Crippen molar-refractivity contribution in [3.63, 3.8) is 0 Å². The van der Waals surface area contributed by atoms with Gasteiger partial charge in [0.2, 0.25) is 0 Å². The van der Waals surface area contributed by atoms with Crippen molar-refractivity contribution < 1.29 is 24.0 Å². The molecule has 0 aliphatic heterocycles. The number of methoxy groups -OCH3 is 2. The first-order valence-corrected chi connectivity index (χ1v) is 8.45. The van der Waals surface area contributed by atoms with Gasteiger partial charge in [0.25, 0.3) is 5.69 Å². The minimum absolute atomic E-state index is 0.0549. The molecule has 8 nitrogen and oxygen atoms in total. The third kappa shape index (κ3) is 5.81. The molecule has 0 aromatic heterocycles. The van der Waals surface area contributed by atoms with Crippen molar-refractivity contribution in [1.82, 2.24) is 0 Å². The SMILES string of the molecule is COC(=O)c1ccc(Br)cc1N.COC(=O)c1ccc(Br)cc1[N+](=O)[O-]. The molecule has 138 valence electrons. The third-order valence-electron chi connectivity index (χ3n) is 2.98. The Hall–Kier alpha value is -2.46. The predicted molar refractivity (Wildman–Crippen MR) is 102 cm³/mol. The summed E-state index contributed by atoms with van der Waals surface area (Å²) in [5, 5.41) is 10.6. The van der Waals surface area contributed by atoms with Crippen LogP contribution in [0.25, 0.3) is 0 Å². The van der Waals surface area contributed by atoms with Crippen LogP contribution in [0.4, 0.5) is 11.4 Å². The van der Waals surface area contributed by atoms with Crippen molar-refractivity contribution >= 4 is 55.2 Å². The standard InChI is InChI=1S/C8H6BrNO4.C8H8BrNO2/c1-14-8(11)6-3-2-5(9)4-7(6)10(12)13;1-12-8(11)6-3-2-5(9)4-7(6)10/h2-4H,1H3;2-4H,10H2,1H3. The third-order valence-corrected chi connectivity index (χ3v) is 3.97. The Bertz CT molecular complexity index is 841. The number of hydrogen-bond donors (Lipinski definition) is 1. The van der Waals surface area contributed by atoms with Crippen LogP contribution in [0.3, 0.4) is 0 Å². The first kappa shape index (κ1) is 21.6. The van der Waals surface area contributed by atoms with E-state index >= 15 is 0 Å². The van der Waals surface area contributed by atoms with E-state index in [1.54, 1.807) is 24.3 Å².